The van der Waals surface area contributed by atoms with E-state index >= 15 is 0 Å². The Morgan fingerprint density at radius 1 is 1.45 bits per heavy atom. The molecule has 1 aliphatic heterocycles. The lowest BCUT2D eigenvalue weighted by Gasteiger charge is -2.34. The van der Waals surface area contributed by atoms with Crippen molar-refractivity contribution in [2.24, 2.45) is 0 Å². The quantitative estimate of drug-likeness (QED) is 0.853. The summed E-state index contributed by atoms with van der Waals surface area (Å²) in [4.78, 5) is 28.9. The van der Waals surface area contributed by atoms with Gasteiger partial charge in [-0.25, -0.2) is 4.79 Å². The molecule has 0 radical (unpaired) electrons. The first-order valence-electron chi connectivity index (χ1n) is 6.75. The molecule has 0 bridgehead atoms. The van der Waals surface area contributed by atoms with E-state index in [1.807, 2.05) is 0 Å². The number of likely N-dealkylation sites (tertiary alicyclic amines) is 1. The first-order valence-corrected chi connectivity index (χ1v) is 6.75. The summed E-state index contributed by atoms with van der Waals surface area (Å²) in [7, 11) is 1.65. The molecule has 6 heteroatoms. The predicted octanol–water partition coefficient (Wildman–Crippen LogP) is 0.880. The van der Waals surface area contributed by atoms with Crippen LogP contribution in [-0.4, -0.2) is 46.5 Å². The number of carboxylic acid groups (broad SMARTS) is 1. The van der Waals surface area contributed by atoms with Crippen LogP contribution < -0.4 is 5.32 Å². The first-order chi connectivity index (χ1) is 9.61. The number of aromatic nitrogens is 1. The number of aromatic carboxylic acids is 1. The highest BCUT2D eigenvalue weighted by Crippen LogP contribution is 2.19. The molecule has 1 fully saturated rings. The second kappa shape index (κ2) is 6.47. The Morgan fingerprint density at radius 2 is 2.25 bits per heavy atom. The van der Waals surface area contributed by atoms with Gasteiger partial charge in [0.05, 0.1) is 17.3 Å². The molecule has 1 atom stereocenters. The molecule has 20 heavy (non-hydrogen) atoms. The maximum absolute atomic E-state index is 11.9. The van der Waals surface area contributed by atoms with E-state index in [4.69, 9.17) is 5.11 Å². The van der Waals surface area contributed by atoms with Crippen molar-refractivity contribution in [3.8, 4) is 0 Å². The fourth-order valence-electron chi connectivity index (χ4n) is 2.50. The van der Waals surface area contributed by atoms with Crippen LogP contribution in [0.15, 0.2) is 18.3 Å². The second-order valence-corrected chi connectivity index (χ2v) is 4.94. The molecule has 1 aromatic heterocycles. The summed E-state index contributed by atoms with van der Waals surface area (Å²) in [5.41, 5.74) is 0.959. The third-order valence-corrected chi connectivity index (χ3v) is 3.60. The molecule has 2 N–H and O–H groups in total. The second-order valence-electron chi connectivity index (χ2n) is 4.94. The summed E-state index contributed by atoms with van der Waals surface area (Å²) in [6.45, 7) is 1.43. The van der Waals surface area contributed by atoms with Gasteiger partial charge in [0, 0.05) is 19.8 Å². The molecule has 1 saturated heterocycles. The molecular weight excluding hydrogens is 258 g/mol. The Labute approximate surface area is 117 Å². The number of hydrogen-bond acceptors (Lipinski definition) is 4. The topological polar surface area (TPSA) is 82.5 Å². The number of rotatable bonds is 4. The molecule has 0 aliphatic carbocycles. The Balaban J connectivity index is 2.06. The maximum Gasteiger partial charge on any atom is 0.337 e. The van der Waals surface area contributed by atoms with Crippen LogP contribution in [0, 0.1) is 0 Å². The monoisotopic (exact) mass is 277 g/mol. The predicted molar refractivity (Wildman–Crippen MR) is 73.3 cm³/mol. The molecule has 1 unspecified atom stereocenters. The minimum Gasteiger partial charge on any atom is -0.478 e. The number of nitrogens with one attached hydrogen (secondary N) is 1. The lowest BCUT2D eigenvalue weighted by atomic mass is 10.0. The number of nitrogens with zero attached hydrogens (tertiary/aromatic N) is 2. The van der Waals surface area contributed by atoms with Crippen molar-refractivity contribution in [2.45, 2.75) is 31.8 Å². The van der Waals surface area contributed by atoms with Crippen molar-refractivity contribution in [1.29, 1.82) is 0 Å². The van der Waals surface area contributed by atoms with Crippen LogP contribution in [0.1, 0.15) is 35.3 Å². The lowest BCUT2D eigenvalue weighted by Crippen LogP contribution is -2.48. The minimum atomic E-state index is -0.981. The summed E-state index contributed by atoms with van der Waals surface area (Å²) < 4.78 is 0. The van der Waals surface area contributed by atoms with E-state index in [2.05, 4.69) is 15.2 Å². The zero-order valence-corrected chi connectivity index (χ0v) is 11.5. The molecule has 2 heterocycles. The van der Waals surface area contributed by atoms with E-state index in [0.29, 0.717) is 6.54 Å². The highest BCUT2D eigenvalue weighted by molar-refractivity contribution is 5.87. The van der Waals surface area contributed by atoms with Crippen LogP contribution in [0.3, 0.4) is 0 Å². The lowest BCUT2D eigenvalue weighted by molar-refractivity contribution is -0.127. The SMILES string of the molecule is CNC(=O)C1CCCCN1Cc1ccc(C(=O)O)cn1. The van der Waals surface area contributed by atoms with Crippen LogP contribution in [0.2, 0.25) is 0 Å². The van der Waals surface area contributed by atoms with Gasteiger partial charge >= 0.3 is 5.97 Å². The van der Waals surface area contributed by atoms with Crippen molar-refractivity contribution in [1.82, 2.24) is 15.2 Å². The number of pyridine rings is 1. The molecule has 1 aromatic rings. The van der Waals surface area contributed by atoms with Crippen LogP contribution in [-0.2, 0) is 11.3 Å². The zero-order valence-electron chi connectivity index (χ0n) is 11.5. The molecule has 2 rings (SSSR count). The van der Waals surface area contributed by atoms with Gasteiger partial charge in [-0.3, -0.25) is 14.7 Å². The highest BCUT2D eigenvalue weighted by atomic mass is 16.4. The largest absolute Gasteiger partial charge is 0.478 e. The number of piperidine rings is 1. The summed E-state index contributed by atoms with van der Waals surface area (Å²) in [6.07, 6.45) is 4.34. The highest BCUT2D eigenvalue weighted by Gasteiger charge is 2.28. The summed E-state index contributed by atoms with van der Waals surface area (Å²) in [6, 6.07) is 3.14. The Kier molecular flexibility index (Phi) is 4.68. The average molecular weight is 277 g/mol. The third-order valence-electron chi connectivity index (χ3n) is 3.60. The van der Waals surface area contributed by atoms with Gasteiger partial charge in [-0.15, -0.1) is 0 Å². The smallest absolute Gasteiger partial charge is 0.337 e. The molecule has 0 spiro atoms. The van der Waals surface area contributed by atoms with Gasteiger partial charge in [0.25, 0.3) is 0 Å². The van der Waals surface area contributed by atoms with E-state index in [-0.39, 0.29) is 17.5 Å². The maximum atomic E-state index is 11.9. The summed E-state index contributed by atoms with van der Waals surface area (Å²) in [5, 5.41) is 11.5. The number of carbonyl (C=O) groups is 2. The van der Waals surface area contributed by atoms with Crippen molar-refractivity contribution >= 4 is 11.9 Å². The zero-order chi connectivity index (χ0) is 14.5. The number of carboxylic acids is 1. The molecule has 0 aromatic carbocycles. The number of amides is 1. The van der Waals surface area contributed by atoms with E-state index in [1.165, 1.54) is 6.20 Å². The fraction of sp³-hybridized carbons (Fsp3) is 0.500. The van der Waals surface area contributed by atoms with Crippen molar-refractivity contribution in [3.63, 3.8) is 0 Å². The van der Waals surface area contributed by atoms with Gasteiger partial charge in [0.15, 0.2) is 0 Å². The van der Waals surface area contributed by atoms with Crippen LogP contribution in [0.4, 0.5) is 0 Å². The molecule has 108 valence electrons. The van der Waals surface area contributed by atoms with Crippen LogP contribution in [0.5, 0.6) is 0 Å². The van der Waals surface area contributed by atoms with Crippen LogP contribution >= 0.6 is 0 Å². The van der Waals surface area contributed by atoms with Crippen LogP contribution in [0.25, 0.3) is 0 Å². The van der Waals surface area contributed by atoms with E-state index in [1.54, 1.807) is 19.2 Å². The Bertz CT molecular complexity index is 487. The number of likely N-dealkylation sites (N-methyl/N-ethyl adjacent to an activating group) is 1. The molecular formula is C14H19N3O3. The van der Waals surface area contributed by atoms with E-state index < -0.39 is 5.97 Å². The van der Waals surface area contributed by atoms with Gasteiger partial charge in [0.2, 0.25) is 5.91 Å². The minimum absolute atomic E-state index is 0.0341. The average Bonchev–Trinajstić information content (AvgIpc) is 2.47. The van der Waals surface area contributed by atoms with Gasteiger partial charge in [0.1, 0.15) is 0 Å². The van der Waals surface area contributed by atoms with Gasteiger partial charge in [-0.1, -0.05) is 6.42 Å². The Morgan fingerprint density at radius 3 is 2.85 bits per heavy atom. The summed E-state index contributed by atoms with van der Waals surface area (Å²) >= 11 is 0. The fourth-order valence-corrected chi connectivity index (χ4v) is 2.50. The number of carbonyl (C=O) groups excluding carboxylic acids is 1. The first kappa shape index (κ1) is 14.5. The van der Waals surface area contributed by atoms with E-state index in [0.717, 1.165) is 31.5 Å². The van der Waals surface area contributed by atoms with Gasteiger partial charge in [-0.05, 0) is 31.5 Å². The Hall–Kier alpha value is -1.95. The van der Waals surface area contributed by atoms with Crippen molar-refractivity contribution in [2.75, 3.05) is 13.6 Å². The molecule has 1 aliphatic rings. The molecule has 1 amide bonds. The van der Waals surface area contributed by atoms with E-state index in [9.17, 15) is 9.59 Å². The normalized spacial score (nSPS) is 19.6. The standard InChI is InChI=1S/C14H19N3O3/c1-15-13(18)12-4-2-3-7-17(12)9-11-6-5-10(8-16-11)14(19)20/h5-6,8,12H,2-4,7,9H2,1H3,(H,15,18)(H,19,20). The molecule has 0 saturated carbocycles. The number of hydrogen-bond donors (Lipinski definition) is 2. The van der Waals surface area contributed by atoms with Crippen molar-refractivity contribution in [3.05, 3.63) is 29.6 Å². The third kappa shape index (κ3) is 3.33. The van der Waals surface area contributed by atoms with Gasteiger partial charge < -0.3 is 10.4 Å². The summed E-state index contributed by atoms with van der Waals surface area (Å²) in [5.74, 6) is -0.947. The van der Waals surface area contributed by atoms with Gasteiger partial charge in [-0.2, -0.15) is 0 Å². The van der Waals surface area contributed by atoms with Crippen molar-refractivity contribution < 1.29 is 14.7 Å². The molecule has 6 nitrogen and oxygen atoms in total.